The molecule has 0 heterocycles. The van der Waals surface area contributed by atoms with E-state index in [1.807, 2.05) is 36.7 Å². The highest BCUT2D eigenvalue weighted by Crippen LogP contribution is 2.06. The molecule has 0 atom stereocenters. The molecule has 15 heavy (non-hydrogen) atoms. The van der Waals surface area contributed by atoms with E-state index in [9.17, 15) is 4.79 Å². The van der Waals surface area contributed by atoms with Crippen LogP contribution in [0.4, 0.5) is 0 Å². The van der Waals surface area contributed by atoms with E-state index in [-0.39, 0.29) is 0 Å². The fraction of sp³-hybridized carbons (Fsp3) is 0.462. The SMILES string of the molecule is CC(C)CCN([C]=O)Cc1ccccc1. The molecule has 0 N–H and O–H groups in total. The molecule has 0 unspecified atom stereocenters. The summed E-state index contributed by atoms with van der Waals surface area (Å²) in [5.41, 5.74) is 1.16. The highest BCUT2D eigenvalue weighted by atomic mass is 16.1. The average Bonchev–Trinajstić information content (AvgIpc) is 2.25. The molecule has 2 heteroatoms. The summed E-state index contributed by atoms with van der Waals surface area (Å²) in [5, 5.41) is 0. The zero-order valence-electron chi connectivity index (χ0n) is 9.44. The van der Waals surface area contributed by atoms with E-state index in [0.29, 0.717) is 12.5 Å². The summed E-state index contributed by atoms with van der Waals surface area (Å²) in [7, 11) is 0. The Bertz CT molecular complexity index is 282. The van der Waals surface area contributed by atoms with Crippen molar-refractivity contribution < 1.29 is 4.79 Å². The zero-order valence-corrected chi connectivity index (χ0v) is 9.44. The van der Waals surface area contributed by atoms with Gasteiger partial charge in [0.15, 0.2) is 0 Å². The predicted octanol–water partition coefficient (Wildman–Crippen LogP) is 2.60. The second kappa shape index (κ2) is 6.23. The summed E-state index contributed by atoms with van der Waals surface area (Å²) in [5.74, 6) is 0.622. The van der Waals surface area contributed by atoms with Crippen LogP contribution in [0.15, 0.2) is 30.3 Å². The van der Waals surface area contributed by atoms with Gasteiger partial charge < -0.3 is 4.90 Å². The monoisotopic (exact) mass is 204 g/mol. The molecule has 0 aliphatic rings. The molecular weight excluding hydrogens is 186 g/mol. The van der Waals surface area contributed by atoms with Gasteiger partial charge in [-0.1, -0.05) is 44.2 Å². The third kappa shape index (κ3) is 4.63. The summed E-state index contributed by atoms with van der Waals surface area (Å²) in [6.07, 6.45) is 3.02. The van der Waals surface area contributed by atoms with Gasteiger partial charge in [0.25, 0.3) is 0 Å². The van der Waals surface area contributed by atoms with Gasteiger partial charge in [-0.25, -0.2) is 0 Å². The number of benzene rings is 1. The average molecular weight is 204 g/mol. The molecule has 1 aromatic carbocycles. The molecule has 1 amide bonds. The lowest BCUT2D eigenvalue weighted by Gasteiger charge is -2.17. The Kier molecular flexibility index (Phi) is 4.88. The quantitative estimate of drug-likeness (QED) is 0.652. The minimum Gasteiger partial charge on any atom is -0.330 e. The van der Waals surface area contributed by atoms with Crippen LogP contribution in [-0.4, -0.2) is 17.9 Å². The fourth-order valence-electron chi connectivity index (χ4n) is 1.37. The van der Waals surface area contributed by atoms with Crippen LogP contribution in [0.2, 0.25) is 0 Å². The van der Waals surface area contributed by atoms with Gasteiger partial charge in [-0.05, 0) is 17.9 Å². The molecule has 1 rings (SSSR count). The van der Waals surface area contributed by atoms with Crippen molar-refractivity contribution in [3.05, 3.63) is 35.9 Å². The maximum Gasteiger partial charge on any atom is 0.312 e. The van der Waals surface area contributed by atoms with Crippen LogP contribution in [0.5, 0.6) is 0 Å². The third-order valence-corrected chi connectivity index (χ3v) is 2.32. The van der Waals surface area contributed by atoms with Crippen LogP contribution in [0.25, 0.3) is 0 Å². The normalized spacial score (nSPS) is 10.3. The van der Waals surface area contributed by atoms with Gasteiger partial charge in [0.1, 0.15) is 0 Å². The minimum atomic E-state index is 0.622. The Morgan fingerprint density at radius 1 is 1.27 bits per heavy atom. The predicted molar refractivity (Wildman–Crippen MR) is 62.0 cm³/mol. The van der Waals surface area contributed by atoms with Gasteiger partial charge in [0, 0.05) is 13.1 Å². The lowest BCUT2D eigenvalue weighted by atomic mass is 10.1. The Balaban J connectivity index is 2.43. The summed E-state index contributed by atoms with van der Waals surface area (Å²) in [6, 6.07) is 10.0. The highest BCUT2D eigenvalue weighted by Gasteiger charge is 2.04. The zero-order chi connectivity index (χ0) is 11.1. The number of hydrogen-bond donors (Lipinski definition) is 0. The topological polar surface area (TPSA) is 20.3 Å². The summed E-state index contributed by atoms with van der Waals surface area (Å²) in [4.78, 5) is 12.4. The molecule has 0 bridgehead atoms. The maximum absolute atomic E-state index is 10.7. The number of hydrogen-bond acceptors (Lipinski definition) is 1. The van der Waals surface area contributed by atoms with Crippen LogP contribution in [0.3, 0.4) is 0 Å². The Hall–Kier alpha value is -1.31. The first-order chi connectivity index (χ1) is 7.22. The molecule has 0 saturated carbocycles. The van der Waals surface area contributed by atoms with E-state index in [4.69, 9.17) is 0 Å². The summed E-state index contributed by atoms with van der Waals surface area (Å²) >= 11 is 0. The van der Waals surface area contributed by atoms with Gasteiger partial charge in [0.05, 0.1) is 0 Å². The summed E-state index contributed by atoms with van der Waals surface area (Å²) in [6.45, 7) is 5.77. The van der Waals surface area contributed by atoms with Gasteiger partial charge in [-0.2, -0.15) is 0 Å². The smallest absolute Gasteiger partial charge is 0.312 e. The minimum absolute atomic E-state index is 0.622. The van der Waals surface area contributed by atoms with Crippen LogP contribution < -0.4 is 0 Å². The van der Waals surface area contributed by atoms with Gasteiger partial charge in [-0.15, -0.1) is 0 Å². The second-order valence-corrected chi connectivity index (χ2v) is 4.18. The van der Waals surface area contributed by atoms with E-state index >= 15 is 0 Å². The first kappa shape index (κ1) is 11.8. The molecule has 0 aliphatic carbocycles. The highest BCUT2D eigenvalue weighted by molar-refractivity contribution is 5.48. The molecule has 2 nitrogen and oxygen atoms in total. The fourth-order valence-corrected chi connectivity index (χ4v) is 1.37. The molecule has 0 spiro atoms. The van der Waals surface area contributed by atoms with E-state index in [0.717, 1.165) is 18.5 Å². The first-order valence-corrected chi connectivity index (χ1v) is 5.39. The van der Waals surface area contributed by atoms with Crippen molar-refractivity contribution in [1.29, 1.82) is 0 Å². The third-order valence-electron chi connectivity index (χ3n) is 2.32. The largest absolute Gasteiger partial charge is 0.330 e. The molecule has 0 aromatic heterocycles. The van der Waals surface area contributed by atoms with Crippen molar-refractivity contribution >= 4 is 6.41 Å². The van der Waals surface area contributed by atoms with Gasteiger partial charge in [-0.3, -0.25) is 4.79 Å². The first-order valence-electron chi connectivity index (χ1n) is 5.39. The van der Waals surface area contributed by atoms with Crippen LogP contribution >= 0.6 is 0 Å². The van der Waals surface area contributed by atoms with Crippen molar-refractivity contribution in [2.75, 3.05) is 6.54 Å². The van der Waals surface area contributed by atoms with Crippen LogP contribution in [0, 0.1) is 5.92 Å². The van der Waals surface area contributed by atoms with Crippen molar-refractivity contribution in [2.45, 2.75) is 26.8 Å². The van der Waals surface area contributed by atoms with E-state index in [2.05, 4.69) is 13.8 Å². The lowest BCUT2D eigenvalue weighted by Crippen LogP contribution is -2.23. The molecule has 1 aromatic rings. The van der Waals surface area contributed by atoms with Crippen molar-refractivity contribution in [3.8, 4) is 0 Å². The Labute approximate surface area is 91.9 Å². The second-order valence-electron chi connectivity index (χ2n) is 4.18. The van der Waals surface area contributed by atoms with Crippen LogP contribution in [-0.2, 0) is 11.3 Å². The van der Waals surface area contributed by atoms with Crippen molar-refractivity contribution in [3.63, 3.8) is 0 Å². The molecule has 81 valence electrons. The Morgan fingerprint density at radius 2 is 1.93 bits per heavy atom. The number of carbonyl (C=O) groups excluding carboxylic acids is 1. The van der Waals surface area contributed by atoms with E-state index in [1.54, 1.807) is 4.90 Å². The summed E-state index contributed by atoms with van der Waals surface area (Å²) < 4.78 is 0. The Morgan fingerprint density at radius 3 is 2.47 bits per heavy atom. The van der Waals surface area contributed by atoms with Crippen molar-refractivity contribution in [2.24, 2.45) is 5.92 Å². The van der Waals surface area contributed by atoms with E-state index in [1.165, 1.54) is 0 Å². The van der Waals surface area contributed by atoms with Crippen molar-refractivity contribution in [1.82, 2.24) is 4.90 Å². The van der Waals surface area contributed by atoms with Gasteiger partial charge >= 0.3 is 6.41 Å². The number of nitrogens with zero attached hydrogens (tertiary/aromatic N) is 1. The standard InChI is InChI=1S/C13H18NO/c1-12(2)8-9-14(11-15)10-13-6-4-3-5-7-13/h3-7,12H,8-10H2,1-2H3. The number of amides is 1. The molecular formula is C13H18NO. The van der Waals surface area contributed by atoms with Crippen LogP contribution in [0.1, 0.15) is 25.8 Å². The van der Waals surface area contributed by atoms with Gasteiger partial charge in [0.2, 0.25) is 0 Å². The maximum atomic E-state index is 10.7. The number of rotatable bonds is 6. The molecule has 0 aliphatic heterocycles. The van der Waals surface area contributed by atoms with E-state index < -0.39 is 0 Å². The molecule has 0 fully saturated rings. The molecule has 0 saturated heterocycles. The molecule has 1 radical (unpaired) electrons. The lowest BCUT2D eigenvalue weighted by molar-refractivity contribution is 0.348.